The Morgan fingerprint density at radius 3 is 2.59 bits per heavy atom. The van der Waals surface area contributed by atoms with E-state index in [9.17, 15) is 9.59 Å². The molecule has 3 atom stereocenters. The van der Waals surface area contributed by atoms with E-state index in [1.807, 2.05) is 37.3 Å². The summed E-state index contributed by atoms with van der Waals surface area (Å²) in [6.07, 6.45) is 18.6. The molecular formula is C22H29ClO4. The fraction of sp³-hybridized carbons (Fsp3) is 0.545. The molecule has 0 saturated carbocycles. The van der Waals surface area contributed by atoms with Crippen molar-refractivity contribution >= 4 is 23.5 Å². The predicted molar refractivity (Wildman–Crippen MR) is 107 cm³/mol. The molecule has 0 aromatic carbocycles. The van der Waals surface area contributed by atoms with Gasteiger partial charge in [-0.2, -0.15) is 0 Å². The number of carbonyl (C=O) groups is 2. The Labute approximate surface area is 166 Å². The maximum atomic E-state index is 11.9. The smallest absolute Gasteiger partial charge is 0.306 e. The number of allylic oxidation sites excluding steroid dienone is 7. The van der Waals surface area contributed by atoms with Crippen LogP contribution in [-0.4, -0.2) is 30.0 Å². The Hall–Kier alpha value is -1.81. The zero-order chi connectivity index (χ0) is 19.5. The van der Waals surface area contributed by atoms with Crippen LogP contribution in [0, 0.1) is 5.92 Å². The van der Waals surface area contributed by atoms with Crippen molar-refractivity contribution < 1.29 is 19.1 Å². The Morgan fingerprint density at radius 2 is 1.93 bits per heavy atom. The number of ether oxygens (including phenoxy) is 2. The molecule has 0 saturated heterocycles. The number of hydrogen-bond acceptors (Lipinski definition) is 4. The van der Waals surface area contributed by atoms with E-state index in [0.29, 0.717) is 25.7 Å². The third kappa shape index (κ3) is 8.17. The van der Waals surface area contributed by atoms with Crippen molar-refractivity contribution in [2.75, 3.05) is 6.61 Å². The maximum Gasteiger partial charge on any atom is 0.306 e. The van der Waals surface area contributed by atoms with Gasteiger partial charge in [-0.1, -0.05) is 42.5 Å². The van der Waals surface area contributed by atoms with E-state index in [1.165, 1.54) is 0 Å². The van der Waals surface area contributed by atoms with Gasteiger partial charge in [-0.3, -0.25) is 9.59 Å². The second-order valence-electron chi connectivity index (χ2n) is 6.96. The van der Waals surface area contributed by atoms with Gasteiger partial charge >= 0.3 is 11.9 Å². The van der Waals surface area contributed by atoms with Crippen molar-refractivity contribution in [3.63, 3.8) is 0 Å². The predicted octanol–water partition coefficient (Wildman–Crippen LogP) is 5.04. The number of rotatable bonds is 10. The summed E-state index contributed by atoms with van der Waals surface area (Å²) in [6.45, 7) is 2.12. The van der Waals surface area contributed by atoms with E-state index in [-0.39, 0.29) is 35.9 Å². The van der Waals surface area contributed by atoms with Crippen molar-refractivity contribution in [3.8, 4) is 0 Å². The van der Waals surface area contributed by atoms with E-state index in [0.717, 1.165) is 24.8 Å². The molecule has 0 heterocycles. The summed E-state index contributed by atoms with van der Waals surface area (Å²) in [5.74, 6) is -0.280. The molecule has 3 unspecified atom stereocenters. The monoisotopic (exact) mass is 392 g/mol. The first-order valence-corrected chi connectivity index (χ1v) is 10.2. The van der Waals surface area contributed by atoms with Gasteiger partial charge in [-0.15, -0.1) is 11.6 Å². The zero-order valence-electron chi connectivity index (χ0n) is 15.9. The second-order valence-corrected chi connectivity index (χ2v) is 7.52. The summed E-state index contributed by atoms with van der Waals surface area (Å²) in [4.78, 5) is 23.7. The van der Waals surface area contributed by atoms with Gasteiger partial charge in [0.2, 0.25) is 0 Å². The van der Waals surface area contributed by atoms with Crippen LogP contribution in [0.25, 0.3) is 0 Å². The normalized spacial score (nSPS) is 20.7. The minimum Gasteiger partial charge on any atom is -0.464 e. The Balaban J connectivity index is 1.53. The van der Waals surface area contributed by atoms with Crippen LogP contribution in [0.5, 0.6) is 0 Å². The third-order valence-corrected chi connectivity index (χ3v) is 5.22. The van der Waals surface area contributed by atoms with E-state index < -0.39 is 0 Å². The van der Waals surface area contributed by atoms with Crippen LogP contribution in [0.1, 0.15) is 51.9 Å². The van der Waals surface area contributed by atoms with E-state index in [2.05, 4.69) is 12.2 Å². The molecule has 0 aromatic rings. The van der Waals surface area contributed by atoms with Crippen molar-refractivity contribution in [3.05, 3.63) is 48.1 Å². The summed E-state index contributed by atoms with van der Waals surface area (Å²) in [5, 5.41) is -0.212. The molecule has 0 radical (unpaired) electrons. The summed E-state index contributed by atoms with van der Waals surface area (Å²) < 4.78 is 10.7. The van der Waals surface area contributed by atoms with Gasteiger partial charge < -0.3 is 9.47 Å². The van der Waals surface area contributed by atoms with E-state index >= 15 is 0 Å². The first-order chi connectivity index (χ1) is 13.1. The lowest BCUT2D eigenvalue weighted by Gasteiger charge is -2.19. The number of alkyl halides is 1. The first-order valence-electron chi connectivity index (χ1n) is 9.74. The highest BCUT2D eigenvalue weighted by Gasteiger charge is 2.19. The molecule has 0 N–H and O–H groups in total. The van der Waals surface area contributed by atoms with Crippen LogP contribution < -0.4 is 0 Å². The van der Waals surface area contributed by atoms with Crippen LogP contribution in [-0.2, 0) is 19.1 Å². The molecule has 27 heavy (non-hydrogen) atoms. The van der Waals surface area contributed by atoms with Gasteiger partial charge in [0.05, 0.1) is 5.38 Å². The molecular weight excluding hydrogens is 364 g/mol. The van der Waals surface area contributed by atoms with Crippen LogP contribution in [0.15, 0.2) is 48.1 Å². The molecule has 2 aliphatic carbocycles. The number of halogens is 1. The van der Waals surface area contributed by atoms with Crippen LogP contribution >= 0.6 is 11.6 Å². The fourth-order valence-electron chi connectivity index (χ4n) is 3.07. The van der Waals surface area contributed by atoms with Crippen molar-refractivity contribution in [1.82, 2.24) is 0 Å². The van der Waals surface area contributed by atoms with Crippen molar-refractivity contribution in [2.45, 2.75) is 63.4 Å². The lowest BCUT2D eigenvalue weighted by molar-refractivity contribution is -0.148. The summed E-state index contributed by atoms with van der Waals surface area (Å²) in [7, 11) is 0. The maximum absolute atomic E-state index is 11.9. The topological polar surface area (TPSA) is 52.6 Å². The van der Waals surface area contributed by atoms with Crippen LogP contribution in [0.4, 0.5) is 0 Å². The largest absolute Gasteiger partial charge is 0.464 e. The van der Waals surface area contributed by atoms with Gasteiger partial charge in [-0.05, 0) is 44.6 Å². The standard InChI is InChI=1S/C22H29ClO4/c1-17(18-10-4-2-5-11-18)27-22(25)15-9-8-14-21(24)26-16-20(23)19-12-6-3-7-13-19/h2-4,6-7,10,12,17,19-20H,5,8-9,11,13-16H2,1H3. The summed E-state index contributed by atoms with van der Waals surface area (Å²) in [5.41, 5.74) is 1.15. The first kappa shape index (κ1) is 21.5. The molecule has 5 heteroatoms. The number of esters is 2. The molecule has 4 nitrogen and oxygen atoms in total. The highest BCUT2D eigenvalue weighted by atomic mass is 35.5. The van der Waals surface area contributed by atoms with Crippen molar-refractivity contribution in [1.29, 1.82) is 0 Å². The molecule has 2 rings (SSSR count). The lowest BCUT2D eigenvalue weighted by atomic mass is 9.97. The van der Waals surface area contributed by atoms with Gasteiger partial charge in [0, 0.05) is 18.8 Å². The van der Waals surface area contributed by atoms with E-state index in [1.54, 1.807) is 0 Å². The third-order valence-electron chi connectivity index (χ3n) is 4.77. The molecule has 148 valence electrons. The SMILES string of the molecule is CC(OC(=O)CCCCC(=O)OCC(Cl)C1C=CC=CC1)C1=CC=CCC1. The summed E-state index contributed by atoms with van der Waals surface area (Å²) >= 11 is 6.29. The number of unbranched alkanes of at least 4 members (excludes halogenated alkanes) is 1. The minimum absolute atomic E-state index is 0.184. The van der Waals surface area contributed by atoms with Crippen molar-refractivity contribution in [2.24, 2.45) is 5.92 Å². The molecule has 0 fully saturated rings. The summed E-state index contributed by atoms with van der Waals surface area (Å²) in [6, 6.07) is 0. The highest BCUT2D eigenvalue weighted by molar-refractivity contribution is 6.21. The molecule has 0 amide bonds. The van der Waals surface area contributed by atoms with Crippen LogP contribution in [0.2, 0.25) is 0 Å². The molecule has 2 aliphatic rings. The number of carbonyl (C=O) groups excluding carboxylic acids is 2. The quantitative estimate of drug-likeness (QED) is 0.297. The average molecular weight is 393 g/mol. The molecule has 0 bridgehead atoms. The Kier molecular flexibility index (Phi) is 9.40. The highest BCUT2D eigenvalue weighted by Crippen LogP contribution is 2.21. The van der Waals surface area contributed by atoms with E-state index in [4.69, 9.17) is 21.1 Å². The van der Waals surface area contributed by atoms with Crippen LogP contribution in [0.3, 0.4) is 0 Å². The number of hydrogen-bond donors (Lipinski definition) is 0. The fourth-order valence-corrected chi connectivity index (χ4v) is 3.32. The Morgan fingerprint density at radius 1 is 1.15 bits per heavy atom. The van der Waals surface area contributed by atoms with Gasteiger partial charge in [0.25, 0.3) is 0 Å². The molecule has 0 aromatic heterocycles. The Bertz CT molecular complexity index is 618. The lowest BCUT2D eigenvalue weighted by Crippen LogP contribution is -2.21. The zero-order valence-corrected chi connectivity index (χ0v) is 16.7. The van der Waals surface area contributed by atoms with Gasteiger partial charge in [0.15, 0.2) is 0 Å². The molecule has 0 spiro atoms. The molecule has 0 aliphatic heterocycles. The van der Waals surface area contributed by atoms with Gasteiger partial charge in [0.1, 0.15) is 12.7 Å². The minimum atomic E-state index is -0.267. The second kappa shape index (κ2) is 11.8. The average Bonchev–Trinajstić information content (AvgIpc) is 2.70. The van der Waals surface area contributed by atoms with Gasteiger partial charge in [-0.25, -0.2) is 0 Å².